The fraction of sp³-hybridized carbons (Fsp3) is 0.368. The number of nitrogens with two attached hydrogens (primary N) is 1. The van der Waals surface area contributed by atoms with Crippen LogP contribution in [-0.4, -0.2) is 20.8 Å². The molecule has 0 saturated heterocycles. The van der Waals surface area contributed by atoms with E-state index in [1.165, 1.54) is 16.7 Å². The predicted molar refractivity (Wildman–Crippen MR) is 91.8 cm³/mol. The average molecular weight is 299 g/mol. The highest BCUT2D eigenvalue weighted by Gasteiger charge is 2.17. The highest BCUT2D eigenvalue weighted by molar-refractivity contribution is 5.77. The van der Waals surface area contributed by atoms with Gasteiger partial charge in [-0.2, -0.15) is 0 Å². The van der Waals surface area contributed by atoms with E-state index in [4.69, 9.17) is 15.2 Å². The molecule has 118 valence electrons. The van der Waals surface area contributed by atoms with Crippen LogP contribution in [0.3, 0.4) is 0 Å². The number of hydrogen-bond donors (Lipinski definition) is 1. The van der Waals surface area contributed by atoms with Gasteiger partial charge in [0.05, 0.1) is 14.2 Å². The van der Waals surface area contributed by atoms with Crippen molar-refractivity contribution in [3.63, 3.8) is 0 Å². The second kappa shape index (κ2) is 7.32. The zero-order valence-electron chi connectivity index (χ0n) is 13.8. The van der Waals surface area contributed by atoms with Crippen LogP contribution in [0.2, 0.25) is 0 Å². The molecule has 1 atom stereocenters. The van der Waals surface area contributed by atoms with Crippen LogP contribution in [0.25, 0.3) is 11.1 Å². The van der Waals surface area contributed by atoms with Gasteiger partial charge in [0, 0.05) is 5.56 Å². The number of benzene rings is 2. The summed E-state index contributed by atoms with van der Waals surface area (Å²) in [5.74, 6) is 1.93. The third-order valence-corrected chi connectivity index (χ3v) is 4.11. The molecular weight excluding hydrogens is 274 g/mol. The Balaban J connectivity index is 2.64. The number of hydrogen-bond acceptors (Lipinski definition) is 3. The number of ether oxygens (including phenoxy) is 2. The van der Waals surface area contributed by atoms with Gasteiger partial charge in [-0.15, -0.1) is 0 Å². The van der Waals surface area contributed by atoms with Gasteiger partial charge in [0.15, 0.2) is 11.5 Å². The molecule has 22 heavy (non-hydrogen) atoms. The van der Waals surface area contributed by atoms with Gasteiger partial charge in [-0.3, -0.25) is 0 Å². The monoisotopic (exact) mass is 299 g/mol. The molecule has 1 unspecified atom stereocenters. The summed E-state index contributed by atoms with van der Waals surface area (Å²) in [5.41, 5.74) is 10.4. The first-order valence-electron chi connectivity index (χ1n) is 7.64. The molecule has 0 saturated carbocycles. The summed E-state index contributed by atoms with van der Waals surface area (Å²) in [7, 11) is 3.36. The molecule has 2 aromatic carbocycles. The Kier molecular flexibility index (Phi) is 5.45. The summed E-state index contributed by atoms with van der Waals surface area (Å²) >= 11 is 0. The maximum absolute atomic E-state index is 5.71. The van der Waals surface area contributed by atoms with Gasteiger partial charge in [-0.25, -0.2) is 0 Å². The van der Waals surface area contributed by atoms with E-state index in [1.807, 2.05) is 12.1 Å². The summed E-state index contributed by atoms with van der Waals surface area (Å²) in [4.78, 5) is 0. The van der Waals surface area contributed by atoms with E-state index in [9.17, 15) is 0 Å². The average Bonchev–Trinajstić information content (AvgIpc) is 2.54. The molecule has 2 aromatic rings. The van der Waals surface area contributed by atoms with E-state index in [0.717, 1.165) is 23.5 Å². The minimum absolute atomic E-state index is 0.382. The molecule has 3 nitrogen and oxygen atoms in total. The Hall–Kier alpha value is -2.00. The van der Waals surface area contributed by atoms with Crippen molar-refractivity contribution in [1.29, 1.82) is 0 Å². The molecule has 0 fully saturated rings. The van der Waals surface area contributed by atoms with E-state index < -0.39 is 0 Å². The SMILES string of the molecule is COc1cc(C(C)CCN)cc(-c2ccccc2C)c1OC. The van der Waals surface area contributed by atoms with Crippen molar-refractivity contribution in [1.82, 2.24) is 0 Å². The van der Waals surface area contributed by atoms with Crippen LogP contribution in [0.15, 0.2) is 36.4 Å². The lowest BCUT2D eigenvalue weighted by Crippen LogP contribution is -2.05. The van der Waals surface area contributed by atoms with Crippen molar-refractivity contribution in [3.8, 4) is 22.6 Å². The molecule has 0 amide bonds. The normalized spacial score (nSPS) is 12.0. The molecule has 2 N–H and O–H groups in total. The maximum atomic E-state index is 5.71. The Morgan fingerprint density at radius 2 is 1.77 bits per heavy atom. The lowest BCUT2D eigenvalue weighted by Gasteiger charge is -2.19. The zero-order valence-corrected chi connectivity index (χ0v) is 13.8. The van der Waals surface area contributed by atoms with Crippen LogP contribution < -0.4 is 15.2 Å². The van der Waals surface area contributed by atoms with Crippen LogP contribution in [0.4, 0.5) is 0 Å². The lowest BCUT2D eigenvalue weighted by molar-refractivity contribution is 0.355. The van der Waals surface area contributed by atoms with Crippen LogP contribution in [0, 0.1) is 6.92 Å². The summed E-state index contributed by atoms with van der Waals surface area (Å²) in [6, 6.07) is 12.6. The van der Waals surface area contributed by atoms with E-state index in [1.54, 1.807) is 14.2 Å². The molecule has 3 heteroatoms. The van der Waals surface area contributed by atoms with Crippen LogP contribution in [0.1, 0.15) is 30.4 Å². The second-order valence-electron chi connectivity index (χ2n) is 5.60. The Morgan fingerprint density at radius 3 is 2.36 bits per heavy atom. The minimum atomic E-state index is 0.382. The molecule has 0 spiro atoms. The van der Waals surface area contributed by atoms with Crippen molar-refractivity contribution in [2.45, 2.75) is 26.2 Å². The maximum Gasteiger partial charge on any atom is 0.168 e. The number of aryl methyl sites for hydroxylation is 1. The molecule has 0 aliphatic rings. The van der Waals surface area contributed by atoms with E-state index in [2.05, 4.69) is 38.1 Å². The van der Waals surface area contributed by atoms with Crippen LogP contribution in [0.5, 0.6) is 11.5 Å². The van der Waals surface area contributed by atoms with Crippen molar-refractivity contribution in [3.05, 3.63) is 47.5 Å². The Morgan fingerprint density at radius 1 is 1.05 bits per heavy atom. The van der Waals surface area contributed by atoms with Crippen molar-refractivity contribution < 1.29 is 9.47 Å². The summed E-state index contributed by atoms with van der Waals surface area (Å²) in [6.45, 7) is 4.97. The summed E-state index contributed by atoms with van der Waals surface area (Å²) in [5, 5.41) is 0. The topological polar surface area (TPSA) is 44.5 Å². The Labute approximate surface area is 133 Å². The van der Waals surface area contributed by atoms with E-state index in [0.29, 0.717) is 12.5 Å². The third-order valence-electron chi connectivity index (χ3n) is 4.11. The Bertz CT molecular complexity index is 637. The number of methoxy groups -OCH3 is 2. The van der Waals surface area contributed by atoms with Gasteiger partial charge in [-0.05, 0) is 54.6 Å². The second-order valence-corrected chi connectivity index (χ2v) is 5.60. The predicted octanol–water partition coefficient (Wildman–Crippen LogP) is 4.13. The van der Waals surface area contributed by atoms with Crippen LogP contribution >= 0.6 is 0 Å². The van der Waals surface area contributed by atoms with Gasteiger partial charge in [0.2, 0.25) is 0 Å². The fourth-order valence-corrected chi connectivity index (χ4v) is 2.76. The highest BCUT2D eigenvalue weighted by atomic mass is 16.5. The number of rotatable bonds is 6. The minimum Gasteiger partial charge on any atom is -0.493 e. The molecule has 0 bridgehead atoms. The molecule has 0 radical (unpaired) electrons. The summed E-state index contributed by atoms with van der Waals surface area (Å²) in [6.07, 6.45) is 0.947. The molecule has 0 heterocycles. The first kappa shape index (κ1) is 16.4. The first-order valence-corrected chi connectivity index (χ1v) is 7.64. The van der Waals surface area contributed by atoms with Crippen molar-refractivity contribution in [2.75, 3.05) is 20.8 Å². The van der Waals surface area contributed by atoms with Crippen molar-refractivity contribution >= 4 is 0 Å². The first-order chi connectivity index (χ1) is 10.6. The highest BCUT2D eigenvalue weighted by Crippen LogP contribution is 2.42. The van der Waals surface area contributed by atoms with E-state index >= 15 is 0 Å². The van der Waals surface area contributed by atoms with Gasteiger partial charge in [0.25, 0.3) is 0 Å². The van der Waals surface area contributed by atoms with Gasteiger partial charge in [0.1, 0.15) is 0 Å². The van der Waals surface area contributed by atoms with Gasteiger partial charge in [-0.1, -0.05) is 31.2 Å². The van der Waals surface area contributed by atoms with Crippen LogP contribution in [-0.2, 0) is 0 Å². The molecule has 0 aliphatic carbocycles. The van der Waals surface area contributed by atoms with E-state index in [-0.39, 0.29) is 0 Å². The van der Waals surface area contributed by atoms with Crippen molar-refractivity contribution in [2.24, 2.45) is 5.73 Å². The third kappa shape index (κ3) is 3.25. The van der Waals surface area contributed by atoms with Gasteiger partial charge < -0.3 is 15.2 Å². The largest absolute Gasteiger partial charge is 0.493 e. The molecule has 0 aromatic heterocycles. The summed E-state index contributed by atoms with van der Waals surface area (Å²) < 4.78 is 11.2. The molecule has 0 aliphatic heterocycles. The fourth-order valence-electron chi connectivity index (χ4n) is 2.76. The smallest absolute Gasteiger partial charge is 0.168 e. The molecular formula is C19H25NO2. The zero-order chi connectivity index (χ0) is 16.1. The standard InChI is InChI=1S/C19H25NO2/c1-13(9-10-20)15-11-17(16-8-6-5-7-14(16)2)19(22-4)18(12-15)21-3/h5-8,11-13H,9-10,20H2,1-4H3. The lowest BCUT2D eigenvalue weighted by atomic mass is 9.91. The van der Waals surface area contributed by atoms with Gasteiger partial charge >= 0.3 is 0 Å². The molecule has 2 rings (SSSR count). The quantitative estimate of drug-likeness (QED) is 0.872.